The lowest BCUT2D eigenvalue weighted by molar-refractivity contribution is -0.115. The van der Waals surface area contributed by atoms with Crippen molar-refractivity contribution in [3.05, 3.63) is 0 Å². The summed E-state index contributed by atoms with van der Waals surface area (Å²) in [6.45, 7) is 12.7. The fraction of sp³-hybridized carbons (Fsp3) is 1.00. The van der Waals surface area contributed by atoms with Gasteiger partial charge in [-0.15, -0.1) is 0 Å². The van der Waals surface area contributed by atoms with Crippen molar-refractivity contribution in [2.24, 2.45) is 52.3 Å². The van der Waals surface area contributed by atoms with E-state index in [1.54, 1.807) is 0 Å². The smallest absolute Gasteiger partial charge is 0.0618 e. The Labute approximate surface area is 174 Å². The first-order chi connectivity index (χ1) is 13.3. The van der Waals surface area contributed by atoms with Gasteiger partial charge >= 0.3 is 0 Å². The van der Waals surface area contributed by atoms with E-state index in [4.69, 9.17) is 4.74 Å². The second kappa shape index (κ2) is 7.00. The largest absolute Gasteiger partial charge is 0.374 e. The van der Waals surface area contributed by atoms with E-state index >= 15 is 0 Å². The van der Waals surface area contributed by atoms with Gasteiger partial charge in [0.1, 0.15) is 0 Å². The van der Waals surface area contributed by atoms with Crippen molar-refractivity contribution in [1.29, 1.82) is 0 Å². The maximum absolute atomic E-state index is 6.82. The van der Waals surface area contributed by atoms with Crippen molar-refractivity contribution in [3.63, 3.8) is 0 Å². The van der Waals surface area contributed by atoms with Gasteiger partial charge in [0, 0.05) is 0 Å². The van der Waals surface area contributed by atoms with Crippen LogP contribution >= 0.6 is 0 Å². The van der Waals surface area contributed by atoms with Crippen molar-refractivity contribution in [1.82, 2.24) is 0 Å². The topological polar surface area (TPSA) is 9.23 Å². The molecule has 0 aromatic heterocycles. The second-order valence-electron chi connectivity index (χ2n) is 12.8. The summed E-state index contributed by atoms with van der Waals surface area (Å²) in [5.74, 6) is 6.45. The van der Waals surface area contributed by atoms with Gasteiger partial charge in [0.25, 0.3) is 0 Å². The third-order valence-electron chi connectivity index (χ3n) is 11.2. The van der Waals surface area contributed by atoms with Gasteiger partial charge < -0.3 is 4.74 Å². The molecule has 1 aliphatic heterocycles. The Hall–Kier alpha value is -0.0400. The zero-order valence-electron chi connectivity index (χ0n) is 19.4. The maximum atomic E-state index is 6.82. The molecule has 0 radical (unpaired) electrons. The van der Waals surface area contributed by atoms with Crippen molar-refractivity contribution >= 4 is 0 Å². The lowest BCUT2D eigenvalue weighted by atomic mass is 9.44. The standard InChI is InChI=1S/C27H46O/c1-17(2)9-12-23-18(3)25-24(28-23)16-22-20-11-10-19-8-6-7-14-26(19,4)21(20)13-15-27(22,25)5/h17-25H,6-16H2,1-5H3/t18-,19+,20?,21+,22+,23?,24+,25?,26+,27+/m1/s1. The predicted molar refractivity (Wildman–Crippen MR) is 117 cm³/mol. The molecule has 5 fully saturated rings. The van der Waals surface area contributed by atoms with E-state index in [1.165, 1.54) is 70.6 Å². The summed E-state index contributed by atoms with van der Waals surface area (Å²) in [4.78, 5) is 0. The number of ether oxygens (including phenoxy) is 1. The molecule has 1 heterocycles. The molecular formula is C27H46O. The molecule has 1 nitrogen and oxygen atoms in total. The van der Waals surface area contributed by atoms with Crippen molar-refractivity contribution in [2.45, 2.75) is 117 Å². The Balaban J connectivity index is 1.35. The zero-order valence-corrected chi connectivity index (χ0v) is 19.4. The number of hydrogen-bond donors (Lipinski definition) is 0. The van der Waals surface area contributed by atoms with Crippen LogP contribution in [0.4, 0.5) is 0 Å². The van der Waals surface area contributed by atoms with Crippen LogP contribution in [0.2, 0.25) is 0 Å². The van der Waals surface area contributed by atoms with E-state index in [2.05, 4.69) is 34.6 Å². The summed E-state index contributed by atoms with van der Waals surface area (Å²) in [7, 11) is 0. The lowest BCUT2D eigenvalue weighted by Gasteiger charge is -2.60. The first-order valence-corrected chi connectivity index (χ1v) is 13.0. The first kappa shape index (κ1) is 19.9. The van der Waals surface area contributed by atoms with E-state index < -0.39 is 0 Å². The quantitative estimate of drug-likeness (QED) is 0.488. The molecule has 160 valence electrons. The van der Waals surface area contributed by atoms with Gasteiger partial charge in [0.05, 0.1) is 12.2 Å². The maximum Gasteiger partial charge on any atom is 0.0618 e. The van der Waals surface area contributed by atoms with Gasteiger partial charge in [-0.3, -0.25) is 0 Å². The lowest BCUT2D eigenvalue weighted by Crippen LogP contribution is -2.53. The Morgan fingerprint density at radius 3 is 2.54 bits per heavy atom. The highest BCUT2D eigenvalue weighted by atomic mass is 16.5. The molecule has 0 aromatic carbocycles. The fourth-order valence-corrected chi connectivity index (χ4v) is 9.81. The zero-order chi connectivity index (χ0) is 19.7. The summed E-state index contributed by atoms with van der Waals surface area (Å²) < 4.78 is 6.82. The SMILES string of the molecule is CC(C)CCC1O[C@H]2C[C@H]3C4CC[C@@H]5CCCC[C@]5(C)[C@H]4CC[C@]3(C)C2[C@@H]1C. The Morgan fingerprint density at radius 2 is 1.75 bits per heavy atom. The van der Waals surface area contributed by atoms with Crippen LogP contribution in [0.15, 0.2) is 0 Å². The fourth-order valence-electron chi connectivity index (χ4n) is 9.81. The molecule has 4 aliphatic carbocycles. The number of fused-ring (bicyclic) bond motifs is 7. The molecule has 0 amide bonds. The van der Waals surface area contributed by atoms with Crippen molar-refractivity contribution in [2.75, 3.05) is 0 Å². The van der Waals surface area contributed by atoms with Crippen molar-refractivity contribution < 1.29 is 4.74 Å². The third-order valence-corrected chi connectivity index (χ3v) is 11.2. The minimum atomic E-state index is 0.541. The van der Waals surface area contributed by atoms with E-state index in [0.29, 0.717) is 23.0 Å². The highest BCUT2D eigenvalue weighted by Crippen LogP contribution is 2.70. The van der Waals surface area contributed by atoms with Crippen LogP contribution in [0.5, 0.6) is 0 Å². The number of hydrogen-bond acceptors (Lipinski definition) is 1. The van der Waals surface area contributed by atoms with E-state index in [9.17, 15) is 0 Å². The average molecular weight is 387 g/mol. The van der Waals surface area contributed by atoms with E-state index in [0.717, 1.165) is 41.4 Å². The van der Waals surface area contributed by atoms with Gasteiger partial charge in [-0.05, 0) is 110 Å². The first-order valence-electron chi connectivity index (χ1n) is 13.0. The van der Waals surface area contributed by atoms with Crippen LogP contribution in [-0.4, -0.2) is 12.2 Å². The normalized spacial score (nSPS) is 55.5. The van der Waals surface area contributed by atoms with Gasteiger partial charge in [-0.2, -0.15) is 0 Å². The molecular weight excluding hydrogens is 340 g/mol. The van der Waals surface area contributed by atoms with Gasteiger partial charge in [-0.1, -0.05) is 47.5 Å². The Bertz CT molecular complexity index is 583. The summed E-state index contributed by atoms with van der Waals surface area (Å²) in [5, 5.41) is 0. The molecule has 1 heteroatoms. The molecule has 0 bridgehead atoms. The van der Waals surface area contributed by atoms with Gasteiger partial charge in [0.2, 0.25) is 0 Å². The molecule has 10 atom stereocenters. The summed E-state index contributed by atoms with van der Waals surface area (Å²) >= 11 is 0. The Morgan fingerprint density at radius 1 is 0.929 bits per heavy atom. The third kappa shape index (κ3) is 2.80. The highest BCUT2D eigenvalue weighted by Gasteiger charge is 2.65. The predicted octanol–water partition coefficient (Wildman–Crippen LogP) is 7.49. The van der Waals surface area contributed by atoms with Crippen LogP contribution in [0, 0.1) is 52.3 Å². The second-order valence-corrected chi connectivity index (χ2v) is 12.8. The average Bonchev–Trinajstić information content (AvgIpc) is 3.13. The molecule has 0 spiro atoms. The molecule has 0 N–H and O–H groups in total. The van der Waals surface area contributed by atoms with Crippen LogP contribution < -0.4 is 0 Å². The van der Waals surface area contributed by atoms with Crippen LogP contribution in [0.1, 0.15) is 105 Å². The molecule has 1 saturated heterocycles. The molecule has 3 unspecified atom stereocenters. The van der Waals surface area contributed by atoms with Gasteiger partial charge in [-0.25, -0.2) is 0 Å². The minimum Gasteiger partial charge on any atom is -0.374 e. The summed E-state index contributed by atoms with van der Waals surface area (Å²) in [6.07, 6.45) is 17.3. The minimum absolute atomic E-state index is 0.541. The molecule has 4 saturated carbocycles. The Kier molecular flexibility index (Phi) is 4.97. The van der Waals surface area contributed by atoms with Crippen LogP contribution in [0.3, 0.4) is 0 Å². The molecule has 5 aliphatic rings. The van der Waals surface area contributed by atoms with E-state index in [-0.39, 0.29) is 0 Å². The molecule has 5 rings (SSSR count). The molecule has 0 aromatic rings. The van der Waals surface area contributed by atoms with Crippen molar-refractivity contribution in [3.8, 4) is 0 Å². The molecule has 28 heavy (non-hydrogen) atoms. The van der Waals surface area contributed by atoms with Gasteiger partial charge in [0.15, 0.2) is 0 Å². The van der Waals surface area contributed by atoms with E-state index in [1.807, 2.05) is 0 Å². The monoisotopic (exact) mass is 386 g/mol. The number of rotatable bonds is 3. The van der Waals surface area contributed by atoms with Crippen LogP contribution in [0.25, 0.3) is 0 Å². The highest BCUT2D eigenvalue weighted by molar-refractivity contribution is 5.13. The van der Waals surface area contributed by atoms with Crippen LogP contribution in [-0.2, 0) is 4.74 Å². The summed E-state index contributed by atoms with van der Waals surface area (Å²) in [6, 6.07) is 0. The summed E-state index contributed by atoms with van der Waals surface area (Å²) in [5.41, 5.74) is 1.24.